The van der Waals surface area contributed by atoms with Gasteiger partial charge in [-0.1, -0.05) is 32.0 Å². The Labute approximate surface area is 175 Å². The second kappa shape index (κ2) is 7.44. The van der Waals surface area contributed by atoms with Gasteiger partial charge in [-0.15, -0.1) is 0 Å². The minimum Gasteiger partial charge on any atom is -0.384 e. The second-order valence-electron chi connectivity index (χ2n) is 8.33. The van der Waals surface area contributed by atoms with Crippen molar-refractivity contribution in [2.75, 3.05) is 17.6 Å². The number of nitrogens with two attached hydrogens (primary N) is 1. The molecule has 2 aliphatic rings. The summed E-state index contributed by atoms with van der Waals surface area (Å²) in [5.74, 6) is 0.504. The summed E-state index contributed by atoms with van der Waals surface area (Å²) in [5, 5.41) is 8.98. The highest BCUT2D eigenvalue weighted by Crippen LogP contribution is 2.31. The number of fused-ring (bicyclic) bond motifs is 1. The summed E-state index contributed by atoms with van der Waals surface area (Å²) in [6, 6.07) is 11.0. The van der Waals surface area contributed by atoms with Crippen molar-refractivity contribution in [1.82, 2.24) is 14.9 Å². The van der Waals surface area contributed by atoms with E-state index in [1.807, 2.05) is 51.1 Å². The molecule has 8 heteroatoms. The third kappa shape index (κ3) is 3.72. The quantitative estimate of drug-likeness (QED) is 0.817. The summed E-state index contributed by atoms with van der Waals surface area (Å²) in [6.45, 7) is 7.30. The maximum absolute atomic E-state index is 12.6. The molecule has 3 N–H and O–H groups in total. The molecule has 0 unspecified atom stereocenters. The smallest absolute Gasteiger partial charge is 0.322 e. The van der Waals surface area contributed by atoms with E-state index in [-0.39, 0.29) is 11.9 Å². The SMILES string of the molecule is CCN1N=C(c2ccc(NC(=O)N3Cc4ccc(N)nc4C3)cc2)CC(C)(C)C1=O. The predicted molar refractivity (Wildman–Crippen MR) is 116 cm³/mol. The maximum Gasteiger partial charge on any atom is 0.322 e. The van der Waals surface area contributed by atoms with Gasteiger partial charge in [0, 0.05) is 25.2 Å². The lowest BCUT2D eigenvalue weighted by molar-refractivity contribution is -0.140. The van der Waals surface area contributed by atoms with Gasteiger partial charge in [0.25, 0.3) is 0 Å². The molecule has 0 radical (unpaired) electrons. The van der Waals surface area contributed by atoms with Gasteiger partial charge in [0.05, 0.1) is 23.4 Å². The third-order valence-corrected chi connectivity index (χ3v) is 5.51. The molecule has 0 atom stereocenters. The van der Waals surface area contributed by atoms with Crippen LogP contribution in [-0.2, 0) is 17.9 Å². The molecule has 0 spiro atoms. The number of hydrogen-bond donors (Lipinski definition) is 2. The van der Waals surface area contributed by atoms with Crippen LogP contribution in [0.3, 0.4) is 0 Å². The minimum absolute atomic E-state index is 0.0421. The number of urea groups is 1. The van der Waals surface area contributed by atoms with Gasteiger partial charge < -0.3 is 16.0 Å². The van der Waals surface area contributed by atoms with Crippen molar-refractivity contribution in [2.45, 2.75) is 40.3 Å². The van der Waals surface area contributed by atoms with Gasteiger partial charge in [0.1, 0.15) is 5.82 Å². The van der Waals surface area contributed by atoms with Crippen LogP contribution in [0.5, 0.6) is 0 Å². The highest BCUT2D eigenvalue weighted by molar-refractivity contribution is 6.06. The first-order chi connectivity index (χ1) is 14.3. The number of pyridine rings is 1. The Hall–Kier alpha value is -3.42. The van der Waals surface area contributed by atoms with E-state index < -0.39 is 5.41 Å². The number of nitrogens with zero attached hydrogens (tertiary/aromatic N) is 4. The zero-order chi connectivity index (χ0) is 21.5. The summed E-state index contributed by atoms with van der Waals surface area (Å²) in [7, 11) is 0. The molecule has 1 aromatic heterocycles. The van der Waals surface area contributed by atoms with Crippen molar-refractivity contribution >= 4 is 29.2 Å². The van der Waals surface area contributed by atoms with E-state index in [0.717, 1.165) is 22.5 Å². The molecule has 0 fully saturated rings. The fourth-order valence-corrected chi connectivity index (χ4v) is 3.81. The van der Waals surface area contributed by atoms with Gasteiger partial charge in [0.2, 0.25) is 5.91 Å². The van der Waals surface area contributed by atoms with Crippen molar-refractivity contribution in [3.8, 4) is 0 Å². The molecule has 1 aromatic carbocycles. The molecule has 2 aromatic rings. The number of carbonyl (C=O) groups excluding carboxylic acids is 2. The fourth-order valence-electron chi connectivity index (χ4n) is 3.81. The van der Waals surface area contributed by atoms with Crippen LogP contribution in [-0.4, -0.2) is 39.1 Å². The number of hydrazone groups is 1. The van der Waals surface area contributed by atoms with E-state index in [9.17, 15) is 9.59 Å². The fraction of sp³-hybridized carbons (Fsp3) is 0.364. The standard InChI is InChI=1S/C22H26N6O2/c1-4-28-20(29)22(2,3)11-17(26-28)14-5-8-16(9-6-14)24-21(30)27-12-15-7-10-19(23)25-18(15)13-27/h5-10H,4,11-13H2,1-3H3,(H2,23,25)(H,24,30). The van der Waals surface area contributed by atoms with Crippen LogP contribution in [0.15, 0.2) is 41.5 Å². The van der Waals surface area contributed by atoms with E-state index in [1.54, 1.807) is 11.0 Å². The first-order valence-electron chi connectivity index (χ1n) is 10.1. The number of rotatable bonds is 3. The lowest BCUT2D eigenvalue weighted by Gasteiger charge is -2.34. The average molecular weight is 406 g/mol. The van der Waals surface area contributed by atoms with Crippen LogP contribution in [0, 0.1) is 5.41 Å². The minimum atomic E-state index is -0.484. The number of anilines is 2. The molecular weight excluding hydrogens is 380 g/mol. The molecule has 0 saturated heterocycles. The molecule has 30 heavy (non-hydrogen) atoms. The molecule has 0 aliphatic carbocycles. The van der Waals surface area contributed by atoms with Crippen LogP contribution < -0.4 is 11.1 Å². The number of hydrogen-bond acceptors (Lipinski definition) is 5. The van der Waals surface area contributed by atoms with Gasteiger partial charge in [-0.25, -0.2) is 14.8 Å². The Morgan fingerprint density at radius 3 is 2.60 bits per heavy atom. The number of nitrogens with one attached hydrogen (secondary N) is 1. The van der Waals surface area contributed by atoms with Crippen molar-refractivity contribution < 1.29 is 9.59 Å². The summed E-state index contributed by atoms with van der Waals surface area (Å²) < 4.78 is 0. The normalized spacial score (nSPS) is 17.6. The van der Waals surface area contributed by atoms with Crippen LogP contribution in [0.1, 0.15) is 44.0 Å². The van der Waals surface area contributed by atoms with Crippen molar-refractivity contribution in [3.63, 3.8) is 0 Å². The molecule has 0 bridgehead atoms. The summed E-state index contributed by atoms with van der Waals surface area (Å²) >= 11 is 0. The molecule has 4 rings (SSSR count). The highest BCUT2D eigenvalue weighted by Gasteiger charge is 2.37. The summed E-state index contributed by atoms with van der Waals surface area (Å²) in [5.41, 5.74) is 9.62. The molecule has 3 amide bonds. The van der Waals surface area contributed by atoms with Crippen molar-refractivity contribution in [3.05, 3.63) is 53.2 Å². The molecule has 156 valence electrons. The predicted octanol–water partition coefficient (Wildman–Crippen LogP) is 3.19. The van der Waals surface area contributed by atoms with Gasteiger partial charge in [-0.3, -0.25) is 4.79 Å². The topological polar surface area (TPSA) is 104 Å². The zero-order valence-electron chi connectivity index (χ0n) is 17.5. The molecule has 0 saturated carbocycles. The first kappa shape index (κ1) is 19.9. The van der Waals surface area contributed by atoms with Gasteiger partial charge in [-0.05, 0) is 36.2 Å². The van der Waals surface area contributed by atoms with Gasteiger partial charge >= 0.3 is 6.03 Å². The number of nitrogen functional groups attached to an aromatic ring is 1. The molecule has 2 aliphatic heterocycles. The Kier molecular flexibility index (Phi) is 4.93. The zero-order valence-corrected chi connectivity index (χ0v) is 17.5. The highest BCUT2D eigenvalue weighted by atomic mass is 16.2. The van der Waals surface area contributed by atoms with Gasteiger partial charge in [0.15, 0.2) is 0 Å². The average Bonchev–Trinajstić information content (AvgIpc) is 3.14. The Morgan fingerprint density at radius 2 is 1.90 bits per heavy atom. The van der Waals surface area contributed by atoms with Crippen LogP contribution in [0.2, 0.25) is 0 Å². The first-order valence-corrected chi connectivity index (χ1v) is 10.1. The number of benzene rings is 1. The van der Waals surface area contributed by atoms with E-state index in [1.165, 1.54) is 5.01 Å². The van der Waals surface area contributed by atoms with Crippen LogP contribution in [0.4, 0.5) is 16.3 Å². The van der Waals surface area contributed by atoms with Gasteiger partial charge in [-0.2, -0.15) is 5.10 Å². The maximum atomic E-state index is 12.6. The molecule has 3 heterocycles. The van der Waals surface area contributed by atoms with E-state index >= 15 is 0 Å². The van der Waals surface area contributed by atoms with Crippen LogP contribution >= 0.6 is 0 Å². The third-order valence-electron chi connectivity index (χ3n) is 5.51. The second-order valence-corrected chi connectivity index (χ2v) is 8.33. The Bertz CT molecular complexity index is 1030. The lowest BCUT2D eigenvalue weighted by Crippen LogP contribution is -2.43. The largest absolute Gasteiger partial charge is 0.384 e. The summed E-state index contributed by atoms with van der Waals surface area (Å²) in [6.07, 6.45) is 0.580. The Balaban J connectivity index is 1.44. The number of carbonyl (C=O) groups is 2. The lowest BCUT2D eigenvalue weighted by atomic mass is 9.83. The number of amides is 3. The molecule has 8 nitrogen and oxygen atoms in total. The van der Waals surface area contributed by atoms with E-state index in [2.05, 4.69) is 15.4 Å². The van der Waals surface area contributed by atoms with Crippen molar-refractivity contribution in [1.29, 1.82) is 0 Å². The summed E-state index contributed by atoms with van der Waals surface area (Å²) in [4.78, 5) is 31.1. The van der Waals surface area contributed by atoms with E-state index in [4.69, 9.17) is 5.73 Å². The van der Waals surface area contributed by atoms with Crippen molar-refractivity contribution in [2.24, 2.45) is 10.5 Å². The Morgan fingerprint density at radius 1 is 1.17 bits per heavy atom. The monoisotopic (exact) mass is 406 g/mol. The van der Waals surface area contributed by atoms with E-state index in [0.29, 0.717) is 37.6 Å². The number of aromatic nitrogens is 1. The molecular formula is C22H26N6O2. The van der Waals surface area contributed by atoms with Crippen LogP contribution in [0.25, 0.3) is 0 Å².